The number of nitrogens with zero attached hydrogens (tertiary/aromatic N) is 2. The topological polar surface area (TPSA) is 6.48 Å². The van der Waals surface area contributed by atoms with Crippen LogP contribution in [0.25, 0.3) is 0 Å². The van der Waals surface area contributed by atoms with Crippen molar-refractivity contribution in [3.8, 4) is 0 Å². The van der Waals surface area contributed by atoms with Crippen LogP contribution in [0.15, 0.2) is 0 Å². The molecule has 0 amide bonds. The largest absolute Gasteiger partial charge is 0.306 e. The van der Waals surface area contributed by atoms with Gasteiger partial charge in [-0.3, -0.25) is 0 Å². The summed E-state index contributed by atoms with van der Waals surface area (Å²) in [4.78, 5) is 4.99. The molecule has 1 unspecified atom stereocenters. The molecule has 0 aromatic rings. The molecule has 2 aliphatic heterocycles. The summed E-state index contributed by atoms with van der Waals surface area (Å²) in [6.07, 6.45) is 4.29. The van der Waals surface area contributed by atoms with Gasteiger partial charge in [0, 0.05) is 13.1 Å². The summed E-state index contributed by atoms with van der Waals surface area (Å²) in [5, 5.41) is 0. The third-order valence-corrected chi connectivity index (χ3v) is 3.48. The number of piperidine rings is 1. The van der Waals surface area contributed by atoms with Crippen molar-refractivity contribution in [3.05, 3.63) is 0 Å². The van der Waals surface area contributed by atoms with Crippen molar-refractivity contribution in [1.82, 2.24) is 9.80 Å². The van der Waals surface area contributed by atoms with E-state index < -0.39 is 0 Å². The third kappa shape index (κ3) is 1.50. The molecule has 12 heavy (non-hydrogen) atoms. The Morgan fingerprint density at radius 2 is 1.58 bits per heavy atom. The Hall–Kier alpha value is -0.0800. The van der Waals surface area contributed by atoms with E-state index in [-0.39, 0.29) is 0 Å². The molecular weight excluding hydrogens is 148 g/mol. The zero-order chi connectivity index (χ0) is 8.60. The average Bonchev–Trinajstić information content (AvgIpc) is 2.32. The van der Waals surface area contributed by atoms with Crippen molar-refractivity contribution in [3.63, 3.8) is 0 Å². The molecule has 0 radical (unpaired) electrons. The van der Waals surface area contributed by atoms with Crippen molar-refractivity contribution >= 4 is 0 Å². The lowest BCUT2D eigenvalue weighted by molar-refractivity contribution is 0.117. The van der Waals surface area contributed by atoms with Crippen molar-refractivity contribution in [1.29, 1.82) is 0 Å². The Morgan fingerprint density at radius 1 is 0.917 bits per heavy atom. The molecular formula is C10H20N2. The van der Waals surface area contributed by atoms with E-state index in [0.29, 0.717) is 5.41 Å². The Labute approximate surface area is 75.5 Å². The number of likely N-dealkylation sites (tertiary alicyclic amines) is 2. The first-order chi connectivity index (χ1) is 5.70. The Bertz CT molecular complexity index is 165. The lowest BCUT2D eigenvalue weighted by Gasteiger charge is -2.38. The van der Waals surface area contributed by atoms with Crippen LogP contribution < -0.4 is 0 Å². The highest BCUT2D eigenvalue weighted by molar-refractivity contribution is 4.93. The van der Waals surface area contributed by atoms with Gasteiger partial charge in [-0.05, 0) is 51.9 Å². The van der Waals surface area contributed by atoms with E-state index in [9.17, 15) is 0 Å². The van der Waals surface area contributed by atoms with E-state index >= 15 is 0 Å². The summed E-state index contributed by atoms with van der Waals surface area (Å²) < 4.78 is 0. The van der Waals surface area contributed by atoms with Crippen LogP contribution in [0.4, 0.5) is 0 Å². The fourth-order valence-corrected chi connectivity index (χ4v) is 2.95. The monoisotopic (exact) mass is 168 g/mol. The molecule has 0 saturated carbocycles. The molecule has 2 fully saturated rings. The summed E-state index contributed by atoms with van der Waals surface area (Å²) >= 11 is 0. The van der Waals surface area contributed by atoms with Gasteiger partial charge in [-0.2, -0.15) is 0 Å². The quantitative estimate of drug-likeness (QED) is 0.533. The first-order valence-corrected chi connectivity index (χ1v) is 5.07. The minimum atomic E-state index is 0.668. The van der Waals surface area contributed by atoms with Crippen LogP contribution >= 0.6 is 0 Å². The van der Waals surface area contributed by atoms with Crippen LogP contribution in [0.2, 0.25) is 0 Å². The van der Waals surface area contributed by atoms with Crippen LogP contribution in [0, 0.1) is 5.41 Å². The first kappa shape index (κ1) is 8.52. The molecule has 0 aromatic carbocycles. The third-order valence-electron chi connectivity index (χ3n) is 3.48. The minimum absolute atomic E-state index is 0.668. The summed E-state index contributed by atoms with van der Waals surface area (Å²) in [6.45, 7) is 5.29. The zero-order valence-corrected chi connectivity index (χ0v) is 8.34. The Kier molecular flexibility index (Phi) is 2.13. The van der Waals surface area contributed by atoms with Crippen molar-refractivity contribution in [2.45, 2.75) is 19.3 Å². The number of rotatable bonds is 0. The summed E-state index contributed by atoms with van der Waals surface area (Å²) in [7, 11) is 4.52. The molecule has 70 valence electrons. The second kappa shape index (κ2) is 3.00. The maximum Gasteiger partial charge on any atom is 0.00477 e. The highest BCUT2D eigenvalue weighted by Gasteiger charge is 2.38. The van der Waals surface area contributed by atoms with Gasteiger partial charge in [-0.25, -0.2) is 0 Å². The molecule has 1 spiro atoms. The molecule has 2 heteroatoms. The predicted octanol–water partition coefficient (Wildman–Crippen LogP) is 1.03. The smallest absolute Gasteiger partial charge is 0.00477 e. The summed E-state index contributed by atoms with van der Waals surface area (Å²) in [5.41, 5.74) is 0.668. The van der Waals surface area contributed by atoms with Crippen LogP contribution in [0.1, 0.15) is 19.3 Å². The van der Waals surface area contributed by atoms with Gasteiger partial charge in [0.25, 0.3) is 0 Å². The molecule has 2 nitrogen and oxygen atoms in total. The van der Waals surface area contributed by atoms with Gasteiger partial charge in [0.2, 0.25) is 0 Å². The standard InChI is InChI=1S/C10H20N2/c1-11-6-3-4-10(8-11)5-7-12(2)9-10/h3-9H2,1-2H3. The van der Waals surface area contributed by atoms with Crippen LogP contribution in [0.5, 0.6) is 0 Å². The van der Waals surface area contributed by atoms with Gasteiger partial charge in [0.15, 0.2) is 0 Å². The van der Waals surface area contributed by atoms with E-state index in [1.165, 1.54) is 45.4 Å². The Morgan fingerprint density at radius 3 is 2.08 bits per heavy atom. The number of hydrogen-bond donors (Lipinski definition) is 0. The van der Waals surface area contributed by atoms with E-state index in [1.807, 2.05) is 0 Å². The molecule has 2 saturated heterocycles. The van der Waals surface area contributed by atoms with Gasteiger partial charge in [0.05, 0.1) is 0 Å². The van der Waals surface area contributed by atoms with Crippen molar-refractivity contribution < 1.29 is 0 Å². The van der Waals surface area contributed by atoms with Gasteiger partial charge in [0.1, 0.15) is 0 Å². The second-order valence-electron chi connectivity index (χ2n) is 4.83. The highest BCUT2D eigenvalue weighted by Crippen LogP contribution is 2.37. The van der Waals surface area contributed by atoms with Crippen molar-refractivity contribution in [2.75, 3.05) is 40.3 Å². The summed E-state index contributed by atoms with van der Waals surface area (Å²) in [6, 6.07) is 0. The van der Waals surface area contributed by atoms with Crippen LogP contribution in [-0.4, -0.2) is 50.1 Å². The summed E-state index contributed by atoms with van der Waals surface area (Å²) in [5.74, 6) is 0. The van der Waals surface area contributed by atoms with E-state index in [1.54, 1.807) is 0 Å². The lowest BCUT2D eigenvalue weighted by atomic mass is 9.79. The molecule has 0 bridgehead atoms. The van der Waals surface area contributed by atoms with Gasteiger partial charge in [-0.1, -0.05) is 0 Å². The lowest BCUT2D eigenvalue weighted by Crippen LogP contribution is -2.42. The second-order valence-corrected chi connectivity index (χ2v) is 4.83. The Balaban J connectivity index is 2.00. The predicted molar refractivity (Wildman–Crippen MR) is 51.3 cm³/mol. The SMILES string of the molecule is CN1CCCC2(CCN(C)C2)C1. The maximum atomic E-state index is 2.50. The average molecular weight is 168 g/mol. The molecule has 1 atom stereocenters. The molecule has 2 heterocycles. The van der Waals surface area contributed by atoms with Crippen LogP contribution in [0.3, 0.4) is 0 Å². The van der Waals surface area contributed by atoms with E-state index in [4.69, 9.17) is 0 Å². The molecule has 2 rings (SSSR count). The first-order valence-electron chi connectivity index (χ1n) is 5.07. The molecule has 0 aliphatic carbocycles. The molecule has 0 N–H and O–H groups in total. The van der Waals surface area contributed by atoms with Gasteiger partial charge < -0.3 is 9.80 Å². The van der Waals surface area contributed by atoms with Crippen LogP contribution in [-0.2, 0) is 0 Å². The number of hydrogen-bond acceptors (Lipinski definition) is 2. The fraction of sp³-hybridized carbons (Fsp3) is 1.00. The van der Waals surface area contributed by atoms with E-state index in [2.05, 4.69) is 23.9 Å². The molecule has 0 aromatic heterocycles. The van der Waals surface area contributed by atoms with Gasteiger partial charge in [-0.15, -0.1) is 0 Å². The maximum absolute atomic E-state index is 2.50. The van der Waals surface area contributed by atoms with Gasteiger partial charge >= 0.3 is 0 Å². The normalized spacial score (nSPS) is 39.5. The minimum Gasteiger partial charge on any atom is -0.306 e. The van der Waals surface area contributed by atoms with E-state index in [0.717, 1.165) is 0 Å². The zero-order valence-electron chi connectivity index (χ0n) is 8.34. The molecule has 2 aliphatic rings. The fourth-order valence-electron chi connectivity index (χ4n) is 2.95. The highest BCUT2D eigenvalue weighted by atomic mass is 15.2. The van der Waals surface area contributed by atoms with Crippen molar-refractivity contribution in [2.24, 2.45) is 5.41 Å².